The molecular weight excluding hydrogens is 178 g/mol. The zero-order chi connectivity index (χ0) is 5.11. The molecule has 1 rings (SSSR count). The van der Waals surface area contributed by atoms with Gasteiger partial charge >= 0.3 is 0 Å². The van der Waals surface area contributed by atoms with Crippen LogP contribution in [0.4, 0.5) is 23.5 Å². The number of hydrogen-bond acceptors (Lipinski definition) is 0. The van der Waals surface area contributed by atoms with Crippen molar-refractivity contribution in [2.24, 2.45) is 0 Å². The topological polar surface area (TPSA) is 0 Å². The second-order valence-electron chi connectivity index (χ2n) is 1.41. The van der Waals surface area contributed by atoms with Crippen molar-refractivity contribution >= 4 is 13.3 Å². The minimum atomic E-state index is 0. The van der Waals surface area contributed by atoms with Gasteiger partial charge in [0.2, 0.25) is 0 Å². The molecule has 72 valence electrons. The van der Waals surface area contributed by atoms with E-state index in [2.05, 4.69) is 0 Å². The van der Waals surface area contributed by atoms with Gasteiger partial charge < -0.3 is 0 Å². The molecule has 0 heterocycles. The maximum absolute atomic E-state index is 5.36. The Morgan fingerprint density at radius 2 is 1.00 bits per heavy atom. The van der Waals surface area contributed by atoms with Crippen LogP contribution in [0.1, 0.15) is 0 Å². The van der Waals surface area contributed by atoms with E-state index in [0.29, 0.717) is 0 Å². The largest absolute Gasteiger partial charge is 0.269 e. The summed E-state index contributed by atoms with van der Waals surface area (Å²) in [6.07, 6.45) is 0. The van der Waals surface area contributed by atoms with Crippen LogP contribution in [0.15, 0.2) is 30.3 Å². The van der Waals surface area contributed by atoms with E-state index in [1.807, 2.05) is 30.3 Å². The molecule has 0 saturated carbocycles. The molecule has 0 atom stereocenters. The lowest BCUT2D eigenvalue weighted by molar-refractivity contribution is 1.11. The van der Waals surface area contributed by atoms with E-state index in [1.54, 1.807) is 0 Å². The molecule has 0 aliphatic heterocycles. The minimum absolute atomic E-state index is 0. The van der Waals surface area contributed by atoms with Crippen molar-refractivity contribution in [3.63, 3.8) is 0 Å². The Bertz CT molecular complexity index is 146. The van der Waals surface area contributed by atoms with E-state index in [-0.39, 0.29) is 23.5 Å². The average molecular weight is 188 g/mol. The van der Waals surface area contributed by atoms with Crippen LogP contribution in [0.3, 0.4) is 0 Å². The number of hydrogen-bond donors (Lipinski definition) is 0. The van der Waals surface area contributed by atoms with Gasteiger partial charge in [0.25, 0.3) is 0 Å². The Morgan fingerprint density at radius 3 is 1.17 bits per heavy atom. The van der Waals surface area contributed by atoms with Gasteiger partial charge in [-0.25, -0.2) is 0 Å². The first-order valence-corrected chi connectivity index (χ1v) is 2.20. The summed E-state index contributed by atoms with van der Waals surface area (Å²) in [6.45, 7) is 0. The van der Waals surface area contributed by atoms with Crippen LogP contribution in [0.5, 0.6) is 0 Å². The summed E-state index contributed by atoms with van der Waals surface area (Å²) in [6, 6.07) is 9.49. The molecule has 0 nitrogen and oxygen atoms in total. The fraction of sp³-hybridized carbons (Fsp3) is 0. The van der Waals surface area contributed by atoms with Crippen molar-refractivity contribution in [2.75, 3.05) is 0 Å². The van der Waals surface area contributed by atoms with Crippen molar-refractivity contribution in [3.05, 3.63) is 30.3 Å². The summed E-state index contributed by atoms with van der Waals surface area (Å²) in [5.74, 6) is 0. The van der Waals surface area contributed by atoms with E-state index in [4.69, 9.17) is 7.85 Å². The Kier molecular flexibility index (Phi) is 42.1. The van der Waals surface area contributed by atoms with E-state index >= 15 is 0 Å². The van der Waals surface area contributed by atoms with Crippen molar-refractivity contribution in [1.29, 1.82) is 0 Å². The van der Waals surface area contributed by atoms with Gasteiger partial charge in [0.1, 0.15) is 7.85 Å². The molecule has 0 unspecified atom stereocenters. The molecule has 6 heteroatoms. The van der Waals surface area contributed by atoms with Crippen molar-refractivity contribution in [3.8, 4) is 0 Å². The van der Waals surface area contributed by atoms with Gasteiger partial charge in [0.15, 0.2) is 0 Å². The molecular formula is C6H10BF5. The quantitative estimate of drug-likeness (QED) is 0.424. The average Bonchev–Trinajstić information content (AvgIpc) is 1.69. The maximum atomic E-state index is 5.36. The zero-order valence-corrected chi connectivity index (χ0v) is 6.01. The zero-order valence-electron chi connectivity index (χ0n) is 6.01. The lowest BCUT2D eigenvalue weighted by Crippen LogP contribution is -1.97. The van der Waals surface area contributed by atoms with Gasteiger partial charge in [-0.2, -0.15) is 0 Å². The fourth-order valence-corrected chi connectivity index (χ4v) is 0.453. The Hall–Kier alpha value is -1.07. The van der Waals surface area contributed by atoms with Crippen LogP contribution >= 0.6 is 0 Å². The summed E-state index contributed by atoms with van der Waals surface area (Å²) in [4.78, 5) is 0. The predicted molar refractivity (Wildman–Crippen MR) is 44.3 cm³/mol. The third-order valence-corrected chi connectivity index (χ3v) is 0.800. The second-order valence-corrected chi connectivity index (χ2v) is 1.41. The molecule has 2 radical (unpaired) electrons. The maximum Gasteiger partial charge on any atom is 0.113 e. The Morgan fingerprint density at radius 1 is 0.667 bits per heavy atom. The van der Waals surface area contributed by atoms with Gasteiger partial charge in [-0.3, -0.25) is 23.5 Å². The molecule has 0 fully saturated rings. The van der Waals surface area contributed by atoms with Crippen molar-refractivity contribution < 1.29 is 23.5 Å². The monoisotopic (exact) mass is 188 g/mol. The Balaban J connectivity index is -0.0000000327. The van der Waals surface area contributed by atoms with Crippen LogP contribution in [0, 0.1) is 0 Å². The summed E-state index contributed by atoms with van der Waals surface area (Å²) < 4.78 is 0. The summed E-state index contributed by atoms with van der Waals surface area (Å²) in [7, 11) is 5.36. The lowest BCUT2D eigenvalue weighted by atomic mass is 9.97. The summed E-state index contributed by atoms with van der Waals surface area (Å²) in [5, 5.41) is 0. The molecule has 1 aromatic carbocycles. The molecule has 1 aromatic rings. The molecule has 0 aliphatic carbocycles. The predicted octanol–water partition coefficient (Wildman–Crippen LogP) is 1.24. The van der Waals surface area contributed by atoms with E-state index in [1.165, 1.54) is 0 Å². The number of rotatable bonds is 0. The summed E-state index contributed by atoms with van der Waals surface area (Å²) in [5.41, 5.74) is 0.822. The van der Waals surface area contributed by atoms with E-state index < -0.39 is 0 Å². The molecule has 0 amide bonds. The number of benzene rings is 1. The summed E-state index contributed by atoms with van der Waals surface area (Å²) >= 11 is 0. The highest BCUT2D eigenvalue weighted by atomic mass is 19.0. The first-order chi connectivity index (χ1) is 3.39. The van der Waals surface area contributed by atoms with Gasteiger partial charge in [-0.05, 0) is 0 Å². The van der Waals surface area contributed by atoms with Crippen LogP contribution in [-0.2, 0) is 0 Å². The highest BCUT2D eigenvalue weighted by Gasteiger charge is 1.71. The van der Waals surface area contributed by atoms with Crippen molar-refractivity contribution in [2.45, 2.75) is 0 Å². The van der Waals surface area contributed by atoms with Crippen LogP contribution < -0.4 is 5.46 Å². The van der Waals surface area contributed by atoms with Crippen LogP contribution in [-0.4, -0.2) is 7.85 Å². The normalized spacial score (nSPS) is 5.00. The van der Waals surface area contributed by atoms with Gasteiger partial charge in [0.05, 0.1) is 0 Å². The standard InChI is InChI=1S/C6H5B.5FH/c7-6-4-2-1-3-5-6;;;;;/h1-5H;5*1H. The van der Waals surface area contributed by atoms with Crippen LogP contribution in [0.2, 0.25) is 0 Å². The minimum Gasteiger partial charge on any atom is -0.269 e. The smallest absolute Gasteiger partial charge is 0.113 e. The molecule has 0 saturated heterocycles. The highest BCUT2D eigenvalue weighted by Crippen LogP contribution is 1.76. The first kappa shape index (κ1) is 30.6. The van der Waals surface area contributed by atoms with Gasteiger partial charge in [0, 0.05) is 0 Å². The van der Waals surface area contributed by atoms with Crippen molar-refractivity contribution in [1.82, 2.24) is 0 Å². The molecule has 0 aromatic heterocycles. The molecule has 12 heavy (non-hydrogen) atoms. The van der Waals surface area contributed by atoms with E-state index in [9.17, 15) is 0 Å². The lowest BCUT2D eigenvalue weighted by Gasteiger charge is -1.83. The molecule has 0 bridgehead atoms. The highest BCUT2D eigenvalue weighted by molar-refractivity contribution is 6.32. The third-order valence-electron chi connectivity index (χ3n) is 0.800. The Labute approximate surface area is 68.2 Å². The third kappa shape index (κ3) is 11.7. The fourth-order valence-electron chi connectivity index (χ4n) is 0.453. The second kappa shape index (κ2) is 16.5. The van der Waals surface area contributed by atoms with Crippen LogP contribution in [0.25, 0.3) is 0 Å². The van der Waals surface area contributed by atoms with Gasteiger partial charge in [-0.15, -0.1) is 0 Å². The van der Waals surface area contributed by atoms with E-state index in [0.717, 1.165) is 5.46 Å². The molecule has 0 aliphatic rings. The SMILES string of the molecule is F.F.F.F.F.[B]c1ccccc1. The first-order valence-electron chi connectivity index (χ1n) is 2.20. The number of halogens is 5. The molecule has 0 N–H and O–H groups in total. The molecule has 0 spiro atoms. The van der Waals surface area contributed by atoms with Gasteiger partial charge in [-0.1, -0.05) is 35.8 Å².